The molecule has 1 atom stereocenters. The molecule has 1 unspecified atom stereocenters. The van der Waals surface area contributed by atoms with Crippen LogP contribution in [-0.2, 0) is 4.79 Å². The molecule has 0 aromatic carbocycles. The van der Waals surface area contributed by atoms with Crippen molar-refractivity contribution in [3.05, 3.63) is 0 Å². The van der Waals surface area contributed by atoms with Crippen molar-refractivity contribution in [2.45, 2.75) is 64.8 Å². The van der Waals surface area contributed by atoms with Crippen LogP contribution in [0.15, 0.2) is 0 Å². The highest BCUT2D eigenvalue weighted by Crippen LogP contribution is 2.38. The molecule has 3 heteroatoms. The Kier molecular flexibility index (Phi) is 4.36. The van der Waals surface area contributed by atoms with E-state index in [0.717, 1.165) is 25.7 Å². The first-order chi connectivity index (χ1) is 7.46. The first kappa shape index (κ1) is 13.5. The summed E-state index contributed by atoms with van der Waals surface area (Å²) in [6.07, 6.45) is 6.22. The van der Waals surface area contributed by atoms with Crippen molar-refractivity contribution in [3.8, 4) is 0 Å². The Bertz CT molecular complexity index is 246. The smallest absolute Gasteiger partial charge is 0.226 e. The molecule has 1 aliphatic carbocycles. The van der Waals surface area contributed by atoms with E-state index in [2.05, 4.69) is 26.1 Å². The number of nitrogens with two attached hydrogens (primary N) is 1. The summed E-state index contributed by atoms with van der Waals surface area (Å²) in [6, 6.07) is 0. The number of carbonyl (C=O) groups is 1. The largest absolute Gasteiger partial charge is 0.350 e. The van der Waals surface area contributed by atoms with Crippen LogP contribution < -0.4 is 11.1 Å². The molecule has 0 bridgehead atoms. The molecule has 0 heterocycles. The Hall–Kier alpha value is -0.570. The van der Waals surface area contributed by atoms with Gasteiger partial charge in [0.1, 0.15) is 0 Å². The van der Waals surface area contributed by atoms with Gasteiger partial charge in [-0.1, -0.05) is 26.7 Å². The fourth-order valence-corrected chi connectivity index (χ4v) is 2.45. The van der Waals surface area contributed by atoms with E-state index in [9.17, 15) is 4.79 Å². The standard InChI is InChI=1S/C13H26N2O/c1-4-13(3,9-10-14)15-11(16)12(2)7-5-6-8-12/h4-10,14H2,1-3H3,(H,15,16). The lowest BCUT2D eigenvalue weighted by Gasteiger charge is -2.34. The van der Waals surface area contributed by atoms with E-state index in [0.29, 0.717) is 6.54 Å². The number of nitrogens with one attached hydrogen (secondary N) is 1. The second-order valence-electron chi connectivity index (χ2n) is 5.67. The molecule has 0 aromatic rings. The van der Waals surface area contributed by atoms with E-state index in [-0.39, 0.29) is 16.9 Å². The van der Waals surface area contributed by atoms with Gasteiger partial charge in [0.2, 0.25) is 5.91 Å². The zero-order valence-corrected chi connectivity index (χ0v) is 10.9. The molecule has 94 valence electrons. The topological polar surface area (TPSA) is 55.1 Å². The van der Waals surface area contributed by atoms with Crippen LogP contribution in [0.25, 0.3) is 0 Å². The Morgan fingerprint density at radius 3 is 2.44 bits per heavy atom. The summed E-state index contributed by atoms with van der Waals surface area (Å²) in [4.78, 5) is 12.3. The summed E-state index contributed by atoms with van der Waals surface area (Å²) in [5.41, 5.74) is 5.34. The molecule has 1 rings (SSSR count). The van der Waals surface area contributed by atoms with Crippen LogP contribution >= 0.6 is 0 Å². The Balaban J connectivity index is 2.61. The van der Waals surface area contributed by atoms with Gasteiger partial charge in [0.15, 0.2) is 0 Å². The monoisotopic (exact) mass is 226 g/mol. The van der Waals surface area contributed by atoms with Crippen LogP contribution in [0.2, 0.25) is 0 Å². The van der Waals surface area contributed by atoms with Gasteiger partial charge in [-0.25, -0.2) is 0 Å². The van der Waals surface area contributed by atoms with Gasteiger partial charge in [0.05, 0.1) is 0 Å². The van der Waals surface area contributed by atoms with E-state index in [1.165, 1.54) is 12.8 Å². The van der Waals surface area contributed by atoms with Gasteiger partial charge in [0.25, 0.3) is 0 Å². The molecule has 1 amide bonds. The third-order valence-corrected chi connectivity index (χ3v) is 4.15. The van der Waals surface area contributed by atoms with Crippen molar-refractivity contribution in [2.75, 3.05) is 6.54 Å². The molecule has 16 heavy (non-hydrogen) atoms. The molecule has 0 aliphatic heterocycles. The fourth-order valence-electron chi connectivity index (χ4n) is 2.45. The number of carbonyl (C=O) groups excluding carboxylic acids is 1. The van der Waals surface area contributed by atoms with E-state index in [1.54, 1.807) is 0 Å². The van der Waals surface area contributed by atoms with Gasteiger partial charge in [0, 0.05) is 11.0 Å². The summed E-state index contributed by atoms with van der Waals surface area (Å²) >= 11 is 0. The highest BCUT2D eigenvalue weighted by atomic mass is 16.2. The molecule has 0 radical (unpaired) electrons. The molecule has 3 nitrogen and oxygen atoms in total. The van der Waals surface area contributed by atoms with Crippen molar-refractivity contribution in [1.82, 2.24) is 5.32 Å². The van der Waals surface area contributed by atoms with Gasteiger partial charge < -0.3 is 11.1 Å². The third kappa shape index (κ3) is 2.97. The van der Waals surface area contributed by atoms with Gasteiger partial charge in [-0.2, -0.15) is 0 Å². The van der Waals surface area contributed by atoms with Crippen LogP contribution in [0.5, 0.6) is 0 Å². The van der Waals surface area contributed by atoms with Crippen molar-refractivity contribution < 1.29 is 4.79 Å². The summed E-state index contributed by atoms with van der Waals surface area (Å²) in [6.45, 7) is 6.91. The molecule has 3 N–H and O–H groups in total. The second kappa shape index (κ2) is 5.17. The molecule has 1 fully saturated rings. The predicted octanol–water partition coefficient (Wildman–Crippen LogP) is 2.20. The average molecular weight is 226 g/mol. The first-order valence-corrected chi connectivity index (χ1v) is 6.48. The lowest BCUT2D eigenvalue weighted by molar-refractivity contribution is -0.131. The number of amides is 1. The van der Waals surface area contributed by atoms with Crippen molar-refractivity contribution >= 4 is 5.91 Å². The molecular formula is C13H26N2O. The number of rotatable bonds is 5. The molecule has 1 saturated carbocycles. The fraction of sp³-hybridized carbons (Fsp3) is 0.923. The van der Waals surface area contributed by atoms with Crippen LogP contribution in [0.1, 0.15) is 59.3 Å². The lowest BCUT2D eigenvalue weighted by atomic mass is 9.85. The summed E-state index contributed by atoms with van der Waals surface area (Å²) < 4.78 is 0. The Morgan fingerprint density at radius 2 is 2.00 bits per heavy atom. The predicted molar refractivity (Wildman–Crippen MR) is 67.1 cm³/mol. The van der Waals surface area contributed by atoms with Crippen molar-refractivity contribution in [1.29, 1.82) is 0 Å². The van der Waals surface area contributed by atoms with Crippen LogP contribution in [0, 0.1) is 5.41 Å². The summed E-state index contributed by atoms with van der Waals surface area (Å²) in [5, 5.41) is 3.21. The maximum Gasteiger partial charge on any atom is 0.226 e. The van der Waals surface area contributed by atoms with E-state index in [4.69, 9.17) is 5.73 Å². The first-order valence-electron chi connectivity index (χ1n) is 6.48. The van der Waals surface area contributed by atoms with Crippen LogP contribution in [-0.4, -0.2) is 18.0 Å². The van der Waals surface area contributed by atoms with Crippen LogP contribution in [0.3, 0.4) is 0 Å². The quantitative estimate of drug-likeness (QED) is 0.755. The molecular weight excluding hydrogens is 200 g/mol. The Morgan fingerprint density at radius 1 is 1.44 bits per heavy atom. The minimum absolute atomic E-state index is 0.128. The van der Waals surface area contributed by atoms with E-state index < -0.39 is 0 Å². The van der Waals surface area contributed by atoms with E-state index in [1.807, 2.05) is 0 Å². The Labute approximate surface area is 99.2 Å². The number of hydrogen-bond acceptors (Lipinski definition) is 2. The molecule has 1 aliphatic rings. The highest BCUT2D eigenvalue weighted by molar-refractivity contribution is 5.83. The zero-order chi connectivity index (χ0) is 12.2. The normalized spacial score (nSPS) is 22.8. The van der Waals surface area contributed by atoms with Crippen LogP contribution in [0.4, 0.5) is 0 Å². The highest BCUT2D eigenvalue weighted by Gasteiger charge is 2.38. The van der Waals surface area contributed by atoms with E-state index >= 15 is 0 Å². The summed E-state index contributed by atoms with van der Waals surface area (Å²) in [7, 11) is 0. The van der Waals surface area contributed by atoms with Gasteiger partial charge in [-0.05, 0) is 39.2 Å². The van der Waals surface area contributed by atoms with Gasteiger partial charge in [-0.15, -0.1) is 0 Å². The summed E-state index contributed by atoms with van der Waals surface area (Å²) in [5.74, 6) is 0.225. The second-order valence-corrected chi connectivity index (χ2v) is 5.67. The minimum atomic E-state index is -0.134. The third-order valence-electron chi connectivity index (χ3n) is 4.15. The SMILES string of the molecule is CCC(C)(CCN)NC(=O)C1(C)CCCC1. The van der Waals surface area contributed by atoms with Crippen molar-refractivity contribution in [3.63, 3.8) is 0 Å². The average Bonchev–Trinajstić information content (AvgIpc) is 2.67. The minimum Gasteiger partial charge on any atom is -0.350 e. The maximum atomic E-state index is 12.3. The molecule has 0 saturated heterocycles. The number of hydrogen-bond donors (Lipinski definition) is 2. The van der Waals surface area contributed by atoms with Gasteiger partial charge >= 0.3 is 0 Å². The van der Waals surface area contributed by atoms with Crippen molar-refractivity contribution in [2.24, 2.45) is 11.1 Å². The van der Waals surface area contributed by atoms with Gasteiger partial charge in [-0.3, -0.25) is 4.79 Å². The molecule has 0 aromatic heterocycles. The zero-order valence-electron chi connectivity index (χ0n) is 10.9. The lowest BCUT2D eigenvalue weighted by Crippen LogP contribution is -2.51. The maximum absolute atomic E-state index is 12.3. The molecule has 0 spiro atoms.